The van der Waals surface area contributed by atoms with E-state index >= 15 is 0 Å². The van der Waals surface area contributed by atoms with Crippen LogP contribution >= 0.6 is 0 Å². The number of aromatic nitrogens is 1. The van der Waals surface area contributed by atoms with Crippen LogP contribution in [0.4, 0.5) is 0 Å². The molecule has 17 heavy (non-hydrogen) atoms. The molecular formula is C13H24N2O2. The fourth-order valence-corrected chi connectivity index (χ4v) is 0.936. The fourth-order valence-electron chi connectivity index (χ4n) is 0.936. The van der Waals surface area contributed by atoms with E-state index in [2.05, 4.69) is 4.98 Å². The second-order valence-electron chi connectivity index (χ2n) is 2.67. The highest BCUT2D eigenvalue weighted by molar-refractivity contribution is 5.91. The van der Waals surface area contributed by atoms with E-state index < -0.39 is 0 Å². The van der Waals surface area contributed by atoms with Crippen LogP contribution in [-0.4, -0.2) is 41.1 Å². The number of likely N-dealkylation sites (N-methyl/N-ethyl adjacent to an activating group) is 1. The second kappa shape index (κ2) is 12.6. The number of pyridine rings is 1. The lowest BCUT2D eigenvalue weighted by atomic mass is 10.3. The molecule has 0 bridgehead atoms. The molecule has 0 spiro atoms. The Morgan fingerprint density at radius 3 is 2.29 bits per heavy atom. The van der Waals surface area contributed by atoms with Crippen LogP contribution in [0.1, 0.15) is 38.2 Å². The van der Waals surface area contributed by atoms with Crippen molar-refractivity contribution < 1.29 is 9.90 Å². The first-order valence-corrected chi connectivity index (χ1v) is 6.03. The van der Waals surface area contributed by atoms with Gasteiger partial charge in [0.2, 0.25) is 0 Å². The molecule has 0 unspecified atom stereocenters. The van der Waals surface area contributed by atoms with Crippen molar-refractivity contribution in [2.45, 2.75) is 27.7 Å². The molecule has 0 aliphatic rings. The van der Waals surface area contributed by atoms with E-state index in [0.29, 0.717) is 12.2 Å². The van der Waals surface area contributed by atoms with Crippen molar-refractivity contribution in [2.24, 2.45) is 0 Å². The van der Waals surface area contributed by atoms with Gasteiger partial charge in [0, 0.05) is 19.8 Å². The molecule has 4 heteroatoms. The van der Waals surface area contributed by atoms with Gasteiger partial charge < -0.3 is 10.0 Å². The molecule has 0 aliphatic heterocycles. The van der Waals surface area contributed by atoms with Gasteiger partial charge in [-0.25, -0.2) is 0 Å². The average Bonchev–Trinajstić information content (AvgIpc) is 2.43. The standard InChI is InChI=1S/C9H12N2O2.2C2H6/c1-11(6-7-12)9(13)8-4-2-3-5-10-8;2*1-2/h2-5,12H,6-7H2,1H3;2*1-2H3. The van der Waals surface area contributed by atoms with E-state index in [4.69, 9.17) is 5.11 Å². The minimum absolute atomic E-state index is 0.0327. The molecular weight excluding hydrogens is 216 g/mol. The molecule has 1 amide bonds. The summed E-state index contributed by atoms with van der Waals surface area (Å²) in [5, 5.41) is 8.62. The van der Waals surface area contributed by atoms with Gasteiger partial charge in [-0.15, -0.1) is 0 Å². The second-order valence-corrected chi connectivity index (χ2v) is 2.67. The molecule has 0 saturated carbocycles. The predicted molar refractivity (Wildman–Crippen MR) is 71.0 cm³/mol. The first-order valence-electron chi connectivity index (χ1n) is 6.03. The van der Waals surface area contributed by atoms with Gasteiger partial charge in [-0.2, -0.15) is 0 Å². The summed E-state index contributed by atoms with van der Waals surface area (Å²) in [6.45, 7) is 8.30. The number of rotatable bonds is 3. The Bertz CT molecular complexity index is 276. The normalized spacial score (nSPS) is 8.12. The average molecular weight is 240 g/mol. The molecule has 0 aromatic carbocycles. The molecule has 98 valence electrons. The summed E-state index contributed by atoms with van der Waals surface area (Å²) >= 11 is 0. The van der Waals surface area contributed by atoms with E-state index in [1.165, 1.54) is 4.90 Å². The first kappa shape index (κ1) is 18.0. The van der Waals surface area contributed by atoms with Gasteiger partial charge in [0.15, 0.2) is 0 Å². The van der Waals surface area contributed by atoms with Crippen molar-refractivity contribution in [1.29, 1.82) is 0 Å². The van der Waals surface area contributed by atoms with Gasteiger partial charge in [-0.3, -0.25) is 9.78 Å². The molecule has 1 aromatic heterocycles. The van der Waals surface area contributed by atoms with Gasteiger partial charge in [0.05, 0.1) is 6.61 Å². The molecule has 0 radical (unpaired) electrons. The largest absolute Gasteiger partial charge is 0.395 e. The zero-order valence-electron chi connectivity index (χ0n) is 11.5. The zero-order valence-corrected chi connectivity index (χ0v) is 11.5. The van der Waals surface area contributed by atoms with E-state index in [-0.39, 0.29) is 12.5 Å². The van der Waals surface area contributed by atoms with Crippen LogP contribution in [0.25, 0.3) is 0 Å². The highest BCUT2D eigenvalue weighted by atomic mass is 16.3. The van der Waals surface area contributed by atoms with E-state index in [1.807, 2.05) is 27.7 Å². The Morgan fingerprint density at radius 2 is 1.88 bits per heavy atom. The van der Waals surface area contributed by atoms with E-state index in [9.17, 15) is 4.79 Å². The summed E-state index contributed by atoms with van der Waals surface area (Å²) in [6.07, 6.45) is 1.57. The van der Waals surface area contributed by atoms with Crippen molar-refractivity contribution in [2.75, 3.05) is 20.2 Å². The highest BCUT2D eigenvalue weighted by Crippen LogP contribution is 1.98. The molecule has 4 nitrogen and oxygen atoms in total. The lowest BCUT2D eigenvalue weighted by molar-refractivity contribution is 0.0761. The van der Waals surface area contributed by atoms with Crippen molar-refractivity contribution in [3.8, 4) is 0 Å². The van der Waals surface area contributed by atoms with Crippen molar-refractivity contribution in [3.63, 3.8) is 0 Å². The SMILES string of the molecule is CC.CC.CN(CCO)C(=O)c1ccccn1. The Balaban J connectivity index is 0. The van der Waals surface area contributed by atoms with Crippen LogP contribution in [0.3, 0.4) is 0 Å². The number of hydrogen-bond acceptors (Lipinski definition) is 3. The van der Waals surface area contributed by atoms with Crippen LogP contribution in [0, 0.1) is 0 Å². The fraction of sp³-hybridized carbons (Fsp3) is 0.538. The minimum Gasteiger partial charge on any atom is -0.395 e. The van der Waals surface area contributed by atoms with E-state index in [1.54, 1.807) is 31.4 Å². The lowest BCUT2D eigenvalue weighted by Crippen LogP contribution is -2.29. The summed E-state index contributed by atoms with van der Waals surface area (Å²) in [4.78, 5) is 16.8. The minimum atomic E-state index is -0.172. The van der Waals surface area contributed by atoms with Crippen LogP contribution in [0.2, 0.25) is 0 Å². The summed E-state index contributed by atoms with van der Waals surface area (Å²) in [5.74, 6) is -0.172. The number of carbonyl (C=O) groups excluding carboxylic acids is 1. The maximum absolute atomic E-state index is 11.5. The quantitative estimate of drug-likeness (QED) is 0.881. The van der Waals surface area contributed by atoms with Gasteiger partial charge in [-0.1, -0.05) is 33.8 Å². The van der Waals surface area contributed by atoms with Crippen molar-refractivity contribution in [1.82, 2.24) is 9.88 Å². The number of amides is 1. The molecule has 0 aliphatic carbocycles. The Morgan fingerprint density at radius 1 is 1.29 bits per heavy atom. The highest BCUT2D eigenvalue weighted by Gasteiger charge is 2.10. The summed E-state index contributed by atoms with van der Waals surface area (Å²) < 4.78 is 0. The first-order chi connectivity index (χ1) is 8.25. The number of nitrogens with zero attached hydrogens (tertiary/aromatic N) is 2. The predicted octanol–water partition coefficient (Wildman–Crippen LogP) is 2.20. The number of hydrogen-bond donors (Lipinski definition) is 1. The van der Waals surface area contributed by atoms with Gasteiger partial charge in [0.25, 0.3) is 5.91 Å². The number of aliphatic hydroxyl groups is 1. The third-order valence-electron chi connectivity index (χ3n) is 1.67. The molecule has 0 saturated heterocycles. The summed E-state index contributed by atoms with van der Waals surface area (Å²) in [5.41, 5.74) is 0.401. The van der Waals surface area contributed by atoms with Crippen molar-refractivity contribution in [3.05, 3.63) is 30.1 Å². The van der Waals surface area contributed by atoms with Gasteiger partial charge >= 0.3 is 0 Å². The van der Waals surface area contributed by atoms with Crippen molar-refractivity contribution >= 4 is 5.91 Å². The number of carbonyl (C=O) groups is 1. The zero-order chi connectivity index (χ0) is 13.7. The molecule has 1 N–H and O–H groups in total. The van der Waals surface area contributed by atoms with Crippen LogP contribution in [0.15, 0.2) is 24.4 Å². The molecule has 1 heterocycles. The lowest BCUT2D eigenvalue weighted by Gasteiger charge is -2.14. The van der Waals surface area contributed by atoms with Crippen LogP contribution in [-0.2, 0) is 0 Å². The Hall–Kier alpha value is -1.42. The maximum atomic E-state index is 11.5. The smallest absolute Gasteiger partial charge is 0.272 e. The number of aliphatic hydroxyl groups excluding tert-OH is 1. The maximum Gasteiger partial charge on any atom is 0.272 e. The monoisotopic (exact) mass is 240 g/mol. The van der Waals surface area contributed by atoms with Gasteiger partial charge in [-0.05, 0) is 12.1 Å². The third kappa shape index (κ3) is 7.47. The van der Waals surface area contributed by atoms with Crippen LogP contribution in [0.5, 0.6) is 0 Å². The summed E-state index contributed by atoms with van der Waals surface area (Å²) in [7, 11) is 1.63. The molecule has 0 atom stereocenters. The third-order valence-corrected chi connectivity index (χ3v) is 1.67. The molecule has 1 rings (SSSR count). The van der Waals surface area contributed by atoms with Crippen LogP contribution < -0.4 is 0 Å². The molecule has 0 fully saturated rings. The van der Waals surface area contributed by atoms with Gasteiger partial charge in [0.1, 0.15) is 5.69 Å². The Labute approximate surface area is 104 Å². The van der Waals surface area contributed by atoms with E-state index in [0.717, 1.165) is 0 Å². The molecule has 1 aromatic rings. The topological polar surface area (TPSA) is 53.4 Å². The summed E-state index contributed by atoms with van der Waals surface area (Å²) in [6, 6.07) is 5.16. The Kier molecular flexibility index (Phi) is 13.4.